The molecular formula is C25H22ClN4OS3+. The van der Waals surface area contributed by atoms with Crippen LogP contribution in [-0.4, -0.2) is 16.7 Å². The smallest absolute Gasteiger partial charge is 0.389 e. The van der Waals surface area contributed by atoms with Crippen LogP contribution < -0.4 is 14.3 Å². The van der Waals surface area contributed by atoms with E-state index in [0.717, 1.165) is 31.1 Å². The molecule has 172 valence electrons. The van der Waals surface area contributed by atoms with Gasteiger partial charge in [-0.25, -0.2) is 0 Å². The number of rotatable bonds is 4. The number of anilines is 1. The van der Waals surface area contributed by atoms with Crippen LogP contribution in [0.2, 0.25) is 5.02 Å². The number of hydrogen-bond donors (Lipinski definition) is 1. The summed E-state index contributed by atoms with van der Waals surface area (Å²) in [6, 6.07) is 16.1. The monoisotopic (exact) mass is 525 g/mol. The molecule has 2 aromatic carbocycles. The first-order valence-corrected chi connectivity index (χ1v) is 13.5. The number of thiazole rings is 2. The Balaban J connectivity index is 1.51. The Morgan fingerprint density at radius 2 is 1.91 bits per heavy atom. The molecule has 0 atom stereocenters. The van der Waals surface area contributed by atoms with Gasteiger partial charge in [0.2, 0.25) is 0 Å². The largest absolute Gasteiger partial charge is 0.477 e. The van der Waals surface area contributed by atoms with Gasteiger partial charge in [-0.2, -0.15) is 4.57 Å². The molecule has 5 rings (SSSR count). The molecule has 0 saturated heterocycles. The lowest BCUT2D eigenvalue weighted by Gasteiger charge is -2.10. The van der Waals surface area contributed by atoms with Gasteiger partial charge in [0.1, 0.15) is 9.91 Å². The van der Waals surface area contributed by atoms with Crippen molar-refractivity contribution >= 4 is 62.9 Å². The number of para-hydroxylation sites is 1. The van der Waals surface area contributed by atoms with Crippen LogP contribution in [0.5, 0.6) is 5.88 Å². The van der Waals surface area contributed by atoms with Gasteiger partial charge in [0.25, 0.3) is 0 Å². The molecule has 0 aliphatic carbocycles. The van der Waals surface area contributed by atoms with Crippen LogP contribution in [0.4, 0.5) is 10.8 Å². The zero-order valence-electron chi connectivity index (χ0n) is 18.8. The summed E-state index contributed by atoms with van der Waals surface area (Å²) in [6.07, 6.45) is 1.85. The molecule has 1 aliphatic rings. The summed E-state index contributed by atoms with van der Waals surface area (Å²) in [6.45, 7) is 2.62. The molecule has 0 spiro atoms. The van der Waals surface area contributed by atoms with Gasteiger partial charge in [0, 0.05) is 40.5 Å². The summed E-state index contributed by atoms with van der Waals surface area (Å²) >= 11 is 10.7. The molecular weight excluding hydrogens is 504 g/mol. The van der Waals surface area contributed by atoms with E-state index < -0.39 is 0 Å². The van der Waals surface area contributed by atoms with Gasteiger partial charge >= 0.3 is 15.8 Å². The van der Waals surface area contributed by atoms with E-state index in [1.54, 1.807) is 23.1 Å². The molecule has 2 aromatic heterocycles. The van der Waals surface area contributed by atoms with Gasteiger partial charge in [0.15, 0.2) is 0 Å². The van der Waals surface area contributed by atoms with Crippen LogP contribution in [0.3, 0.4) is 0 Å². The van der Waals surface area contributed by atoms with Crippen molar-refractivity contribution in [2.45, 2.75) is 18.4 Å². The number of aromatic hydroxyl groups is 1. The molecule has 34 heavy (non-hydrogen) atoms. The first-order valence-electron chi connectivity index (χ1n) is 10.6. The third kappa shape index (κ3) is 4.24. The lowest BCUT2D eigenvalue weighted by Crippen LogP contribution is -2.30. The van der Waals surface area contributed by atoms with Crippen LogP contribution in [0.1, 0.15) is 11.8 Å². The van der Waals surface area contributed by atoms with Gasteiger partial charge in [-0.3, -0.25) is 4.57 Å². The highest BCUT2D eigenvalue weighted by Gasteiger charge is 2.24. The highest BCUT2D eigenvalue weighted by Crippen LogP contribution is 2.44. The number of thioether (sulfide) groups is 1. The van der Waals surface area contributed by atoms with Gasteiger partial charge in [0.05, 0.1) is 17.9 Å². The molecule has 5 nitrogen and oxygen atoms in total. The Bertz CT molecular complexity index is 1510. The summed E-state index contributed by atoms with van der Waals surface area (Å²) in [4.78, 5) is 9.79. The minimum atomic E-state index is 0.208. The van der Waals surface area contributed by atoms with E-state index in [1.165, 1.54) is 21.9 Å². The van der Waals surface area contributed by atoms with Crippen LogP contribution in [-0.2, 0) is 13.6 Å². The Kier molecular flexibility index (Phi) is 6.42. The average molecular weight is 526 g/mol. The maximum absolute atomic E-state index is 10.9. The van der Waals surface area contributed by atoms with Crippen molar-refractivity contribution in [1.29, 1.82) is 0 Å². The third-order valence-electron chi connectivity index (χ3n) is 5.54. The Hall–Kier alpha value is -2.74. The molecule has 0 unspecified atom stereocenters. The highest BCUT2D eigenvalue weighted by atomic mass is 35.5. The van der Waals surface area contributed by atoms with Crippen LogP contribution >= 0.6 is 46.0 Å². The van der Waals surface area contributed by atoms with Crippen molar-refractivity contribution in [2.24, 2.45) is 12.0 Å². The molecule has 1 aliphatic heterocycles. The fourth-order valence-electron chi connectivity index (χ4n) is 3.68. The van der Waals surface area contributed by atoms with Crippen molar-refractivity contribution in [3.63, 3.8) is 0 Å². The minimum absolute atomic E-state index is 0.208. The van der Waals surface area contributed by atoms with E-state index in [9.17, 15) is 5.11 Å². The second kappa shape index (κ2) is 9.49. The van der Waals surface area contributed by atoms with Crippen molar-refractivity contribution in [3.05, 3.63) is 79.4 Å². The zero-order chi connectivity index (χ0) is 23.8. The molecule has 0 fully saturated rings. The summed E-state index contributed by atoms with van der Waals surface area (Å²) in [7, 11) is 4.03. The summed E-state index contributed by atoms with van der Waals surface area (Å²) in [5.41, 5.74) is 6.68. The number of aromatic nitrogens is 2. The fraction of sp³-hybridized carbons (Fsp3) is 0.160. The first-order chi connectivity index (χ1) is 16.5. The van der Waals surface area contributed by atoms with E-state index >= 15 is 0 Å². The maximum Gasteiger partial charge on any atom is 0.389 e. The summed E-state index contributed by atoms with van der Waals surface area (Å²) < 4.78 is 3.88. The highest BCUT2D eigenvalue weighted by molar-refractivity contribution is 8.03. The predicted molar refractivity (Wildman–Crippen MR) is 143 cm³/mol. The number of nitrogens with zero attached hydrogens (tertiary/aromatic N) is 4. The SMILES string of the molecule is CC[n+]1c(N=c2scc(-c3ccc(Cl)cc3)n2C)sc(C=C=C2Sc3ccccc3N2C)c1O. The molecule has 0 amide bonds. The second-order valence-electron chi connectivity index (χ2n) is 7.62. The Morgan fingerprint density at radius 3 is 2.65 bits per heavy atom. The van der Waals surface area contributed by atoms with Gasteiger partial charge in [-0.1, -0.05) is 64.7 Å². The van der Waals surface area contributed by atoms with E-state index in [2.05, 4.69) is 32.7 Å². The Morgan fingerprint density at radius 1 is 1.15 bits per heavy atom. The predicted octanol–water partition coefficient (Wildman–Crippen LogP) is 6.41. The second-order valence-corrected chi connectivity index (χ2v) is 10.9. The van der Waals surface area contributed by atoms with Crippen molar-refractivity contribution in [1.82, 2.24) is 4.57 Å². The van der Waals surface area contributed by atoms with Gasteiger partial charge in [-0.05, 0) is 48.1 Å². The lowest BCUT2D eigenvalue weighted by molar-refractivity contribution is -0.682. The normalized spacial score (nSPS) is 13.4. The molecule has 9 heteroatoms. The third-order valence-corrected chi connectivity index (χ3v) is 8.88. The standard InChI is InChI=1S/C25H21ClN4OS3/c1-4-30-23(31)21(13-14-22-28(2)18-7-5-6-8-20(18)33-22)34-25(30)27-24-29(3)19(15-32-24)16-9-11-17(26)12-10-16/h5-13,15H,4H2,1-3H3/p+1. The quantitative estimate of drug-likeness (QED) is 0.247. The van der Waals surface area contributed by atoms with E-state index in [4.69, 9.17) is 16.6 Å². The van der Waals surface area contributed by atoms with Crippen molar-refractivity contribution in [2.75, 3.05) is 11.9 Å². The van der Waals surface area contributed by atoms with Crippen LogP contribution in [0.15, 0.2) is 74.6 Å². The summed E-state index contributed by atoms with van der Waals surface area (Å²) in [5, 5.41) is 15.4. The molecule has 0 bridgehead atoms. The van der Waals surface area contributed by atoms with Crippen LogP contribution in [0, 0.1) is 0 Å². The van der Waals surface area contributed by atoms with E-state index in [0.29, 0.717) is 11.6 Å². The maximum atomic E-state index is 10.9. The van der Waals surface area contributed by atoms with Crippen molar-refractivity contribution in [3.8, 4) is 17.1 Å². The summed E-state index contributed by atoms with van der Waals surface area (Å²) in [5.74, 6) is 0.208. The van der Waals surface area contributed by atoms with Crippen molar-refractivity contribution < 1.29 is 9.67 Å². The number of benzene rings is 2. The average Bonchev–Trinajstić information content (AvgIpc) is 3.47. The molecule has 3 heterocycles. The number of fused-ring (bicyclic) bond motifs is 1. The van der Waals surface area contributed by atoms with E-state index in [1.807, 2.05) is 68.1 Å². The minimum Gasteiger partial charge on any atom is -0.477 e. The molecule has 0 saturated carbocycles. The van der Waals surface area contributed by atoms with Gasteiger partial charge < -0.3 is 10.0 Å². The number of hydrogen-bond acceptors (Lipinski definition) is 6. The molecule has 4 aromatic rings. The Labute approximate surface area is 215 Å². The van der Waals surface area contributed by atoms with E-state index in [-0.39, 0.29) is 5.88 Å². The zero-order valence-corrected chi connectivity index (χ0v) is 22.0. The lowest BCUT2D eigenvalue weighted by atomic mass is 10.2. The first kappa shape index (κ1) is 23.0. The van der Waals surface area contributed by atoms with Crippen LogP contribution in [0.25, 0.3) is 17.3 Å². The topological polar surface area (TPSA) is 44.6 Å². The fourth-order valence-corrected chi connectivity index (χ4v) is 6.76. The van der Waals surface area contributed by atoms with Gasteiger partial charge in [-0.15, -0.1) is 0 Å². The molecule has 0 radical (unpaired) electrons. The number of halogens is 1. The molecule has 1 N–H and O–H groups in total.